The van der Waals surface area contributed by atoms with Gasteiger partial charge in [0.15, 0.2) is 5.13 Å². The first kappa shape index (κ1) is 9.97. The number of hydrogen-bond donors (Lipinski definition) is 1. The van der Waals surface area contributed by atoms with E-state index in [4.69, 9.17) is 0 Å². The maximum absolute atomic E-state index is 4.52. The summed E-state index contributed by atoms with van der Waals surface area (Å²) in [6, 6.07) is 0.654. The zero-order valence-electron chi connectivity index (χ0n) is 9.08. The Morgan fingerprint density at radius 2 is 2.36 bits per heavy atom. The van der Waals surface area contributed by atoms with Gasteiger partial charge in [-0.3, -0.25) is 0 Å². The van der Waals surface area contributed by atoms with Crippen LogP contribution in [0.25, 0.3) is 0 Å². The second kappa shape index (κ2) is 3.89. The van der Waals surface area contributed by atoms with Crippen molar-refractivity contribution in [2.45, 2.75) is 39.7 Å². The van der Waals surface area contributed by atoms with Gasteiger partial charge < -0.3 is 5.32 Å². The van der Waals surface area contributed by atoms with Crippen molar-refractivity contribution in [3.05, 3.63) is 11.1 Å². The predicted octanol–water partition coefficient (Wildman–Crippen LogP) is 3.16. The third-order valence-corrected chi connectivity index (χ3v) is 4.20. The number of nitrogens with zero attached hydrogens (tertiary/aromatic N) is 1. The minimum absolute atomic E-state index is 0.654. The maximum atomic E-state index is 4.52. The molecule has 78 valence electrons. The van der Waals surface area contributed by atoms with Gasteiger partial charge in [0.2, 0.25) is 0 Å². The molecule has 2 nitrogen and oxygen atoms in total. The lowest BCUT2D eigenvalue weighted by molar-refractivity contribution is 0.189. The van der Waals surface area contributed by atoms with Crippen molar-refractivity contribution >= 4 is 16.5 Å². The summed E-state index contributed by atoms with van der Waals surface area (Å²) in [4.78, 5) is 4.52. The molecule has 3 heteroatoms. The second-order valence-electron chi connectivity index (χ2n) is 4.32. The molecular formula is C11H18N2S. The highest BCUT2D eigenvalue weighted by molar-refractivity contribution is 7.13. The van der Waals surface area contributed by atoms with Gasteiger partial charge in [0, 0.05) is 11.4 Å². The van der Waals surface area contributed by atoms with Crippen molar-refractivity contribution in [2.75, 3.05) is 5.32 Å². The van der Waals surface area contributed by atoms with Crippen molar-refractivity contribution < 1.29 is 0 Å². The molecular weight excluding hydrogens is 192 g/mol. The first-order valence-corrected chi connectivity index (χ1v) is 6.29. The fourth-order valence-electron chi connectivity index (χ4n) is 1.92. The summed E-state index contributed by atoms with van der Waals surface area (Å²) in [5, 5.41) is 6.77. The Kier molecular flexibility index (Phi) is 2.77. The van der Waals surface area contributed by atoms with Crippen molar-refractivity contribution in [3.8, 4) is 0 Å². The zero-order chi connectivity index (χ0) is 10.1. The predicted molar refractivity (Wildman–Crippen MR) is 61.8 cm³/mol. The number of thiazole rings is 1. The molecule has 3 unspecified atom stereocenters. The van der Waals surface area contributed by atoms with E-state index >= 15 is 0 Å². The van der Waals surface area contributed by atoms with Crippen LogP contribution in [0, 0.1) is 11.8 Å². The van der Waals surface area contributed by atoms with Gasteiger partial charge in [-0.25, -0.2) is 4.98 Å². The van der Waals surface area contributed by atoms with E-state index in [0.717, 1.165) is 23.4 Å². The standard InChI is InChI=1S/C11H18N2S/c1-4-9-6-14-11(12-9)13-10-5-7(2)8(10)3/h6-8,10H,4-5H2,1-3H3,(H,12,13). The minimum Gasteiger partial charge on any atom is -0.358 e. The second-order valence-corrected chi connectivity index (χ2v) is 5.18. The summed E-state index contributed by atoms with van der Waals surface area (Å²) in [5.74, 6) is 1.67. The summed E-state index contributed by atoms with van der Waals surface area (Å²) < 4.78 is 0. The molecule has 1 heterocycles. The van der Waals surface area contributed by atoms with Crippen molar-refractivity contribution in [1.29, 1.82) is 0 Å². The van der Waals surface area contributed by atoms with Crippen LogP contribution in [-0.4, -0.2) is 11.0 Å². The first-order valence-electron chi connectivity index (χ1n) is 5.41. The van der Waals surface area contributed by atoms with Crippen LogP contribution in [0.3, 0.4) is 0 Å². The van der Waals surface area contributed by atoms with Crippen LogP contribution in [-0.2, 0) is 6.42 Å². The van der Waals surface area contributed by atoms with E-state index in [1.54, 1.807) is 11.3 Å². The molecule has 1 aromatic rings. The van der Waals surface area contributed by atoms with Crippen LogP contribution in [0.5, 0.6) is 0 Å². The Balaban J connectivity index is 1.92. The molecule has 1 aromatic heterocycles. The van der Waals surface area contributed by atoms with Crippen LogP contribution in [0.15, 0.2) is 5.38 Å². The van der Waals surface area contributed by atoms with Gasteiger partial charge in [-0.15, -0.1) is 11.3 Å². The average molecular weight is 210 g/mol. The lowest BCUT2D eigenvalue weighted by Crippen LogP contribution is -2.43. The summed E-state index contributed by atoms with van der Waals surface area (Å²) in [5.41, 5.74) is 1.21. The van der Waals surface area contributed by atoms with Gasteiger partial charge in [0.1, 0.15) is 0 Å². The van der Waals surface area contributed by atoms with Crippen LogP contribution in [0.1, 0.15) is 32.9 Å². The quantitative estimate of drug-likeness (QED) is 0.829. The van der Waals surface area contributed by atoms with E-state index in [1.165, 1.54) is 12.1 Å². The number of nitrogens with one attached hydrogen (secondary N) is 1. The molecule has 1 aliphatic rings. The molecule has 2 rings (SSSR count). The van der Waals surface area contributed by atoms with Gasteiger partial charge in [0.05, 0.1) is 5.69 Å². The van der Waals surface area contributed by atoms with E-state index in [2.05, 4.69) is 36.5 Å². The van der Waals surface area contributed by atoms with Gasteiger partial charge >= 0.3 is 0 Å². The molecule has 0 aliphatic heterocycles. The Bertz CT molecular complexity index is 308. The number of aromatic nitrogens is 1. The number of hydrogen-bond acceptors (Lipinski definition) is 3. The van der Waals surface area contributed by atoms with Crippen LogP contribution in [0.4, 0.5) is 5.13 Å². The molecule has 1 saturated carbocycles. The molecule has 0 radical (unpaired) electrons. The fraction of sp³-hybridized carbons (Fsp3) is 0.727. The molecule has 14 heavy (non-hydrogen) atoms. The Morgan fingerprint density at radius 1 is 1.57 bits per heavy atom. The summed E-state index contributed by atoms with van der Waals surface area (Å²) >= 11 is 1.73. The van der Waals surface area contributed by atoms with E-state index < -0.39 is 0 Å². The van der Waals surface area contributed by atoms with E-state index in [9.17, 15) is 0 Å². The molecule has 1 aliphatic carbocycles. The normalized spacial score (nSPS) is 31.2. The van der Waals surface area contributed by atoms with Crippen molar-refractivity contribution in [1.82, 2.24) is 4.98 Å². The summed E-state index contributed by atoms with van der Waals surface area (Å²) in [6.45, 7) is 6.79. The summed E-state index contributed by atoms with van der Waals surface area (Å²) in [7, 11) is 0. The number of rotatable bonds is 3. The van der Waals surface area contributed by atoms with E-state index in [1.807, 2.05) is 0 Å². The van der Waals surface area contributed by atoms with E-state index in [-0.39, 0.29) is 0 Å². The Hall–Kier alpha value is -0.570. The van der Waals surface area contributed by atoms with E-state index in [0.29, 0.717) is 6.04 Å². The van der Waals surface area contributed by atoms with Gasteiger partial charge in [-0.05, 0) is 24.7 Å². The maximum Gasteiger partial charge on any atom is 0.183 e. The molecule has 0 saturated heterocycles. The highest BCUT2D eigenvalue weighted by atomic mass is 32.1. The molecule has 0 bridgehead atoms. The molecule has 1 fully saturated rings. The fourth-order valence-corrected chi connectivity index (χ4v) is 2.77. The molecule has 1 N–H and O–H groups in total. The smallest absolute Gasteiger partial charge is 0.183 e. The Morgan fingerprint density at radius 3 is 2.86 bits per heavy atom. The average Bonchev–Trinajstić information content (AvgIpc) is 2.65. The largest absolute Gasteiger partial charge is 0.358 e. The Labute approximate surface area is 89.8 Å². The van der Waals surface area contributed by atoms with Gasteiger partial charge in [-0.1, -0.05) is 20.8 Å². The van der Waals surface area contributed by atoms with Crippen molar-refractivity contribution in [3.63, 3.8) is 0 Å². The zero-order valence-corrected chi connectivity index (χ0v) is 9.90. The molecule has 0 spiro atoms. The SMILES string of the molecule is CCc1csc(NC2CC(C)C2C)n1. The molecule has 0 aromatic carbocycles. The topological polar surface area (TPSA) is 24.9 Å². The minimum atomic E-state index is 0.654. The lowest BCUT2D eigenvalue weighted by Gasteiger charge is -2.41. The molecule has 0 amide bonds. The molecule has 3 atom stereocenters. The van der Waals surface area contributed by atoms with Crippen LogP contribution >= 0.6 is 11.3 Å². The van der Waals surface area contributed by atoms with Crippen molar-refractivity contribution in [2.24, 2.45) is 11.8 Å². The monoisotopic (exact) mass is 210 g/mol. The first-order chi connectivity index (χ1) is 6.70. The third kappa shape index (κ3) is 1.78. The highest BCUT2D eigenvalue weighted by Crippen LogP contribution is 2.36. The van der Waals surface area contributed by atoms with Crippen LogP contribution in [0.2, 0.25) is 0 Å². The number of anilines is 1. The lowest BCUT2D eigenvalue weighted by atomic mass is 9.72. The third-order valence-electron chi connectivity index (χ3n) is 3.38. The van der Waals surface area contributed by atoms with Gasteiger partial charge in [0.25, 0.3) is 0 Å². The van der Waals surface area contributed by atoms with Gasteiger partial charge in [-0.2, -0.15) is 0 Å². The number of aryl methyl sites for hydroxylation is 1. The summed E-state index contributed by atoms with van der Waals surface area (Å²) in [6.07, 6.45) is 2.33. The van der Waals surface area contributed by atoms with Crippen LogP contribution < -0.4 is 5.32 Å². The highest BCUT2D eigenvalue weighted by Gasteiger charge is 2.34.